The van der Waals surface area contributed by atoms with Crippen LogP contribution in [0, 0.1) is 0 Å². The number of aromatic amines is 1. The number of ketones is 1. The van der Waals surface area contributed by atoms with Gasteiger partial charge in [-0.3, -0.25) is 14.6 Å². The lowest BCUT2D eigenvalue weighted by molar-refractivity contribution is 0.103. The number of rotatable bonds is 3. The molecule has 0 aliphatic heterocycles. The number of aromatic nitrogens is 3. The minimum absolute atomic E-state index is 0.0232. The van der Waals surface area contributed by atoms with E-state index in [1.165, 1.54) is 24.3 Å². The van der Waals surface area contributed by atoms with Gasteiger partial charge in [-0.1, -0.05) is 34.8 Å². The van der Waals surface area contributed by atoms with Crippen LogP contribution in [0.15, 0.2) is 52.2 Å². The van der Waals surface area contributed by atoms with E-state index in [4.69, 9.17) is 34.8 Å². The number of hydrogen-bond donors (Lipinski definition) is 1. The Morgan fingerprint density at radius 1 is 1.00 bits per heavy atom. The highest BCUT2D eigenvalue weighted by Crippen LogP contribution is 2.29. The molecule has 0 amide bonds. The van der Waals surface area contributed by atoms with Gasteiger partial charge in [0.2, 0.25) is 0 Å². The van der Waals surface area contributed by atoms with E-state index in [0.29, 0.717) is 10.6 Å². The van der Waals surface area contributed by atoms with Crippen LogP contribution < -0.4 is 11.2 Å². The second-order valence-electron chi connectivity index (χ2n) is 4.97. The Morgan fingerprint density at radius 2 is 1.68 bits per heavy atom. The van der Waals surface area contributed by atoms with Crippen LogP contribution in [0.25, 0.3) is 5.69 Å². The molecule has 9 heteroatoms. The van der Waals surface area contributed by atoms with E-state index in [0.717, 1.165) is 10.9 Å². The number of carbonyl (C=O) groups is 1. The molecule has 2 aromatic carbocycles. The van der Waals surface area contributed by atoms with Gasteiger partial charge in [-0.15, -0.1) is 0 Å². The average molecular weight is 397 g/mol. The zero-order valence-electron chi connectivity index (χ0n) is 12.3. The molecular formula is C16H8Cl3N3O3. The Kier molecular flexibility index (Phi) is 4.76. The third-order valence-electron chi connectivity index (χ3n) is 3.31. The average Bonchev–Trinajstić information content (AvgIpc) is 2.54. The first-order valence-corrected chi connectivity index (χ1v) is 7.98. The molecule has 3 rings (SSSR count). The van der Waals surface area contributed by atoms with Crippen LogP contribution in [0.1, 0.15) is 15.9 Å². The quantitative estimate of drug-likeness (QED) is 0.689. The SMILES string of the molecule is O=C(c1ccc(Cl)cc1)c1c(Cl)cc(Cl)cc1-n1ncc(=O)[nH]c1=O. The van der Waals surface area contributed by atoms with Crippen molar-refractivity contribution in [1.29, 1.82) is 0 Å². The Hall–Kier alpha value is -2.41. The Morgan fingerprint density at radius 3 is 2.32 bits per heavy atom. The predicted octanol–water partition coefficient (Wildman–Crippen LogP) is 3.11. The van der Waals surface area contributed by atoms with Gasteiger partial charge in [0.25, 0.3) is 5.56 Å². The van der Waals surface area contributed by atoms with Crippen molar-refractivity contribution in [2.75, 3.05) is 0 Å². The third kappa shape index (κ3) is 3.51. The number of nitrogens with one attached hydrogen (secondary N) is 1. The van der Waals surface area contributed by atoms with E-state index in [9.17, 15) is 14.4 Å². The number of hydrogen-bond acceptors (Lipinski definition) is 4. The Bertz CT molecular complexity index is 1090. The molecule has 25 heavy (non-hydrogen) atoms. The van der Waals surface area contributed by atoms with Crippen LogP contribution in [0.4, 0.5) is 0 Å². The molecule has 1 aromatic heterocycles. The molecule has 0 spiro atoms. The molecule has 0 fully saturated rings. The van der Waals surface area contributed by atoms with Crippen LogP contribution in [0.5, 0.6) is 0 Å². The van der Waals surface area contributed by atoms with Crippen molar-refractivity contribution >= 4 is 40.6 Å². The van der Waals surface area contributed by atoms with Crippen LogP contribution in [0.3, 0.4) is 0 Å². The highest BCUT2D eigenvalue weighted by atomic mass is 35.5. The maximum absolute atomic E-state index is 12.9. The summed E-state index contributed by atoms with van der Waals surface area (Å²) < 4.78 is 0.850. The number of halogens is 3. The van der Waals surface area contributed by atoms with Crippen molar-refractivity contribution in [1.82, 2.24) is 14.8 Å². The summed E-state index contributed by atoms with van der Waals surface area (Å²) >= 11 is 18.0. The number of benzene rings is 2. The largest absolute Gasteiger partial charge is 0.349 e. The summed E-state index contributed by atoms with van der Waals surface area (Å²) in [5, 5.41) is 4.47. The van der Waals surface area contributed by atoms with E-state index < -0.39 is 17.0 Å². The molecule has 1 N–H and O–H groups in total. The van der Waals surface area contributed by atoms with Gasteiger partial charge in [-0.2, -0.15) is 9.78 Å². The molecule has 0 atom stereocenters. The first-order valence-electron chi connectivity index (χ1n) is 6.85. The lowest BCUT2D eigenvalue weighted by Crippen LogP contribution is -2.31. The van der Waals surface area contributed by atoms with Crippen LogP contribution >= 0.6 is 34.8 Å². The summed E-state index contributed by atoms with van der Waals surface area (Å²) in [4.78, 5) is 38.2. The minimum Gasteiger partial charge on any atom is -0.288 e. The van der Waals surface area contributed by atoms with Gasteiger partial charge in [0.15, 0.2) is 5.78 Å². The van der Waals surface area contributed by atoms with Crippen LogP contribution in [0.2, 0.25) is 15.1 Å². The first kappa shape index (κ1) is 17.4. The molecule has 0 saturated heterocycles. The van der Waals surface area contributed by atoms with Crippen molar-refractivity contribution in [3.05, 3.63) is 89.6 Å². The lowest BCUT2D eigenvalue weighted by atomic mass is 10.0. The number of carbonyl (C=O) groups excluding carboxylic acids is 1. The van der Waals surface area contributed by atoms with E-state index in [-0.39, 0.29) is 21.3 Å². The van der Waals surface area contributed by atoms with Gasteiger partial charge in [-0.05, 0) is 36.4 Å². The molecule has 6 nitrogen and oxygen atoms in total. The van der Waals surface area contributed by atoms with Gasteiger partial charge in [-0.25, -0.2) is 4.79 Å². The molecule has 126 valence electrons. The Balaban J connectivity index is 2.26. The van der Waals surface area contributed by atoms with Crippen LogP contribution in [-0.2, 0) is 0 Å². The fourth-order valence-electron chi connectivity index (χ4n) is 2.22. The summed E-state index contributed by atoms with van der Waals surface area (Å²) in [5.41, 5.74) is -1.10. The smallest absolute Gasteiger partial charge is 0.288 e. The van der Waals surface area contributed by atoms with Crippen molar-refractivity contribution < 1.29 is 4.79 Å². The second-order valence-corrected chi connectivity index (χ2v) is 6.25. The summed E-state index contributed by atoms with van der Waals surface area (Å²) in [6.45, 7) is 0. The maximum atomic E-state index is 12.9. The fraction of sp³-hybridized carbons (Fsp3) is 0. The molecule has 0 unspecified atom stereocenters. The molecule has 1 heterocycles. The van der Waals surface area contributed by atoms with Gasteiger partial charge in [0, 0.05) is 15.6 Å². The number of H-pyrrole nitrogens is 1. The zero-order chi connectivity index (χ0) is 18.1. The van der Waals surface area contributed by atoms with Crippen molar-refractivity contribution in [2.24, 2.45) is 0 Å². The zero-order valence-corrected chi connectivity index (χ0v) is 14.6. The molecule has 0 aliphatic carbocycles. The highest BCUT2D eigenvalue weighted by molar-refractivity contribution is 6.38. The topological polar surface area (TPSA) is 84.8 Å². The summed E-state index contributed by atoms with van der Waals surface area (Å²) in [5.74, 6) is -0.451. The maximum Gasteiger partial charge on any atom is 0.349 e. The molecule has 0 saturated carbocycles. The lowest BCUT2D eigenvalue weighted by Gasteiger charge is -2.12. The van der Waals surface area contributed by atoms with Gasteiger partial charge in [0.1, 0.15) is 6.20 Å². The highest BCUT2D eigenvalue weighted by Gasteiger charge is 2.21. The van der Waals surface area contributed by atoms with Gasteiger partial charge < -0.3 is 0 Å². The van der Waals surface area contributed by atoms with E-state index in [2.05, 4.69) is 10.1 Å². The molecule has 0 aliphatic rings. The molecule has 0 radical (unpaired) electrons. The summed E-state index contributed by atoms with van der Waals surface area (Å²) in [6.07, 6.45) is 0.909. The standard InChI is InChI=1S/C16H8Cl3N3O3/c17-9-3-1-8(2-4-9)15(24)14-11(19)5-10(18)6-12(14)22-16(25)21-13(23)7-20-22/h1-7H,(H,21,23,25). The van der Waals surface area contributed by atoms with E-state index >= 15 is 0 Å². The fourth-order valence-corrected chi connectivity index (χ4v) is 2.92. The summed E-state index contributed by atoms with van der Waals surface area (Å²) in [7, 11) is 0. The normalized spacial score (nSPS) is 10.7. The van der Waals surface area contributed by atoms with Crippen molar-refractivity contribution in [3.8, 4) is 5.69 Å². The second kappa shape index (κ2) is 6.84. The summed E-state index contributed by atoms with van der Waals surface area (Å²) in [6, 6.07) is 8.92. The van der Waals surface area contributed by atoms with Crippen LogP contribution in [-0.4, -0.2) is 20.5 Å². The molecule has 0 bridgehead atoms. The number of nitrogens with zero attached hydrogens (tertiary/aromatic N) is 2. The van der Waals surface area contributed by atoms with E-state index in [1.54, 1.807) is 12.1 Å². The first-order chi connectivity index (χ1) is 11.9. The Labute approximate surface area is 155 Å². The van der Waals surface area contributed by atoms with Gasteiger partial charge in [0.05, 0.1) is 16.3 Å². The van der Waals surface area contributed by atoms with Gasteiger partial charge >= 0.3 is 5.69 Å². The molecular weight excluding hydrogens is 389 g/mol. The predicted molar refractivity (Wildman–Crippen MR) is 95.4 cm³/mol. The molecule has 3 aromatic rings. The monoisotopic (exact) mass is 395 g/mol. The minimum atomic E-state index is -0.823. The van der Waals surface area contributed by atoms with Crippen molar-refractivity contribution in [2.45, 2.75) is 0 Å². The van der Waals surface area contributed by atoms with Crippen molar-refractivity contribution in [3.63, 3.8) is 0 Å². The van der Waals surface area contributed by atoms with E-state index in [1.807, 2.05) is 0 Å². The third-order valence-corrected chi connectivity index (χ3v) is 4.08.